The maximum Gasteiger partial charge on any atom is 0.373 e. The molecule has 13 atom stereocenters. The quantitative estimate of drug-likeness (QED) is 0.153. The van der Waals surface area contributed by atoms with E-state index in [0.717, 1.165) is 64.2 Å². The summed E-state index contributed by atoms with van der Waals surface area (Å²) in [4.78, 5) is 39.9. The Morgan fingerprint density at radius 2 is 1.71 bits per heavy atom. The summed E-state index contributed by atoms with van der Waals surface area (Å²) in [7, 11) is 1.17. The van der Waals surface area contributed by atoms with Gasteiger partial charge in [0.25, 0.3) is 0 Å². The van der Waals surface area contributed by atoms with Crippen molar-refractivity contribution >= 4 is 17.8 Å². The van der Waals surface area contributed by atoms with Crippen LogP contribution >= 0.6 is 0 Å². The highest BCUT2D eigenvalue weighted by Crippen LogP contribution is 2.75. The van der Waals surface area contributed by atoms with Crippen LogP contribution in [0.25, 0.3) is 0 Å². The van der Waals surface area contributed by atoms with Gasteiger partial charge in [0.1, 0.15) is 24.0 Å². The van der Waals surface area contributed by atoms with Crippen LogP contribution in [0.3, 0.4) is 0 Å². The predicted octanol–water partition coefficient (Wildman–Crippen LogP) is 4.27. The molecule has 7 rings (SSSR count). The third-order valence-corrected chi connectivity index (χ3v) is 17.3. The fourth-order valence-corrected chi connectivity index (χ4v) is 13.7. The summed E-state index contributed by atoms with van der Waals surface area (Å²) in [5.74, 6) is -0.471. The van der Waals surface area contributed by atoms with Crippen LogP contribution in [0.5, 0.6) is 0 Å². The summed E-state index contributed by atoms with van der Waals surface area (Å²) in [6, 6.07) is -1.96. The van der Waals surface area contributed by atoms with Crippen LogP contribution in [-0.4, -0.2) is 97.4 Å². The molecule has 2 heterocycles. The van der Waals surface area contributed by atoms with E-state index in [4.69, 9.17) is 9.47 Å². The third-order valence-electron chi connectivity index (χ3n) is 17.3. The summed E-state index contributed by atoms with van der Waals surface area (Å²) >= 11 is 0. The number of aromatic nitrogens is 3. The molecule has 0 bridgehead atoms. The average molecular weight is 824 g/mol. The van der Waals surface area contributed by atoms with Crippen LogP contribution in [-0.2, 0) is 30.4 Å². The van der Waals surface area contributed by atoms with Crippen molar-refractivity contribution in [2.45, 2.75) is 163 Å². The van der Waals surface area contributed by atoms with Gasteiger partial charge in [0.2, 0.25) is 17.6 Å². The Morgan fingerprint density at radius 3 is 2.39 bits per heavy atom. The molecule has 0 saturated heterocycles. The van der Waals surface area contributed by atoms with Crippen molar-refractivity contribution < 1.29 is 44.3 Å². The second-order valence-electron chi connectivity index (χ2n) is 21.2. The highest BCUT2D eigenvalue weighted by atomic mass is 16.6. The summed E-state index contributed by atoms with van der Waals surface area (Å²) < 4.78 is 12.0. The van der Waals surface area contributed by atoms with Gasteiger partial charge in [-0.25, -0.2) is 9.48 Å². The molecule has 2 amide bonds. The van der Waals surface area contributed by atoms with Crippen molar-refractivity contribution in [2.75, 3.05) is 13.7 Å². The molecule has 4 saturated carbocycles. The molecule has 5 aliphatic carbocycles. The molecule has 14 nitrogen and oxygen atoms in total. The Balaban J connectivity index is 1.15. The van der Waals surface area contributed by atoms with Crippen molar-refractivity contribution in [2.24, 2.45) is 50.2 Å². The van der Waals surface area contributed by atoms with Crippen molar-refractivity contribution in [3.05, 3.63) is 35.4 Å². The monoisotopic (exact) mass is 824 g/mol. The van der Waals surface area contributed by atoms with Crippen LogP contribution in [0.1, 0.15) is 131 Å². The van der Waals surface area contributed by atoms with E-state index in [0.29, 0.717) is 17.5 Å². The van der Waals surface area contributed by atoms with Crippen molar-refractivity contribution in [3.8, 4) is 0 Å². The lowest BCUT2D eigenvalue weighted by molar-refractivity contribution is -0.203. The molecule has 1 aromatic rings. The lowest BCUT2D eigenvalue weighted by Gasteiger charge is -2.71. The minimum atomic E-state index is -1.70. The molecule has 0 unspecified atom stereocenters. The molecule has 6 aliphatic rings. The van der Waals surface area contributed by atoms with Crippen LogP contribution in [0, 0.1) is 50.2 Å². The normalized spacial score (nSPS) is 40.5. The molecule has 6 N–H and O–H groups in total. The Hall–Kier alpha value is -3.33. The van der Waals surface area contributed by atoms with Gasteiger partial charge in [-0.1, -0.05) is 65.3 Å². The molecular formula is C45H69N5O9. The average Bonchev–Trinajstić information content (AvgIpc) is 3.66. The number of hydrogen-bond acceptors (Lipinski definition) is 11. The zero-order valence-corrected chi connectivity index (χ0v) is 36.6. The first-order valence-electron chi connectivity index (χ1n) is 21.9. The SMILES string of the molecule is COC(=O)C1=C[C@H](n2cc(CNC(=O)[C@]34CCC(C)(C)C[C@H]3C3=CC[C@@H]5[C@@]6(C)CC[C@H](O)C(C)(C)[C@@H]6CC[C@@]5(C)[C@]3(C)CC4)nn2)[C@@H](NC(C)=O)[C@H]([C@H](O)[C@H](O)CO)O1. The van der Waals surface area contributed by atoms with Gasteiger partial charge in [-0.2, -0.15) is 0 Å². The summed E-state index contributed by atoms with van der Waals surface area (Å²) in [6.45, 7) is 17.4. The number of fused-ring (bicyclic) bond motifs is 7. The number of methoxy groups -OCH3 is 1. The van der Waals surface area contributed by atoms with Gasteiger partial charge in [-0.05, 0) is 115 Å². The van der Waals surface area contributed by atoms with Gasteiger partial charge in [-0.15, -0.1) is 5.10 Å². The van der Waals surface area contributed by atoms with Gasteiger partial charge >= 0.3 is 5.97 Å². The smallest absolute Gasteiger partial charge is 0.373 e. The number of ether oxygens (including phenoxy) is 2. The maximum absolute atomic E-state index is 14.9. The van der Waals surface area contributed by atoms with Crippen LogP contribution in [0.2, 0.25) is 0 Å². The number of aliphatic hydroxyl groups excluding tert-OH is 4. The zero-order valence-electron chi connectivity index (χ0n) is 36.6. The van der Waals surface area contributed by atoms with Crippen molar-refractivity contribution in [1.29, 1.82) is 0 Å². The number of hydrogen-bond donors (Lipinski definition) is 6. The van der Waals surface area contributed by atoms with Crippen molar-refractivity contribution in [1.82, 2.24) is 25.6 Å². The molecule has 0 aromatic carbocycles. The maximum atomic E-state index is 14.9. The van der Waals surface area contributed by atoms with Gasteiger partial charge in [0, 0.05) is 6.92 Å². The standard InChI is InChI=1S/C45H69N5O9/c1-25(52)47-35-29(20-31(38(56)58-9)59-37(35)36(55)30(53)24-51)50-23-26(48-49-50)22-46-39(57)45-18-16-40(2,3)21-28(45)27-10-11-33-42(6)14-13-34(54)41(4,5)32(42)12-15-44(33,8)43(27,7)17-19-45/h10,20,23,28-30,32-37,51,53-55H,11-19,21-22,24H2,1-9H3,(H,46,57)(H,47,52)/t28-,29-,30+,32-,33+,34-,35+,36+,37+,42-,43+,44+,45-/m0/s1. The number of carbonyl (C=O) groups is 3. The van der Waals surface area contributed by atoms with E-state index in [-0.39, 0.29) is 57.3 Å². The van der Waals surface area contributed by atoms with Gasteiger partial charge in [0.05, 0.1) is 50.1 Å². The molecule has 4 fully saturated rings. The second kappa shape index (κ2) is 15.2. The number of esters is 1. The second-order valence-corrected chi connectivity index (χ2v) is 21.2. The number of nitrogens with zero attached hydrogens (tertiary/aromatic N) is 3. The molecule has 328 valence electrons. The van der Waals surface area contributed by atoms with E-state index < -0.39 is 54.3 Å². The molecule has 1 aromatic heterocycles. The minimum Gasteiger partial charge on any atom is -0.478 e. The summed E-state index contributed by atoms with van der Waals surface area (Å²) in [5.41, 5.74) is 1.51. The van der Waals surface area contributed by atoms with E-state index in [2.05, 4.69) is 75.5 Å². The van der Waals surface area contributed by atoms with E-state index in [9.17, 15) is 34.8 Å². The van der Waals surface area contributed by atoms with E-state index in [1.54, 1.807) is 6.20 Å². The molecule has 0 radical (unpaired) electrons. The van der Waals surface area contributed by atoms with E-state index in [1.807, 2.05) is 0 Å². The van der Waals surface area contributed by atoms with Crippen LogP contribution in [0.15, 0.2) is 29.7 Å². The lowest BCUT2D eigenvalue weighted by Crippen LogP contribution is -2.65. The number of aliphatic hydroxyl groups is 4. The van der Waals surface area contributed by atoms with Crippen molar-refractivity contribution in [3.63, 3.8) is 0 Å². The van der Waals surface area contributed by atoms with Gasteiger partial charge < -0.3 is 40.5 Å². The Kier molecular flexibility index (Phi) is 11.3. The zero-order chi connectivity index (χ0) is 43.1. The third kappa shape index (κ3) is 6.95. The first-order chi connectivity index (χ1) is 27.6. The van der Waals surface area contributed by atoms with Gasteiger partial charge in [-0.3, -0.25) is 9.59 Å². The fraction of sp³-hybridized carbons (Fsp3) is 0.800. The summed E-state index contributed by atoms with van der Waals surface area (Å²) in [6.07, 6.45) is 10.2. The van der Waals surface area contributed by atoms with Crippen LogP contribution in [0.4, 0.5) is 0 Å². The minimum absolute atomic E-state index is 0.0257. The lowest BCUT2D eigenvalue weighted by atomic mass is 9.33. The predicted molar refractivity (Wildman–Crippen MR) is 218 cm³/mol. The Labute approximate surface area is 348 Å². The highest BCUT2D eigenvalue weighted by Gasteiger charge is 2.69. The number of amides is 2. The first kappa shape index (κ1) is 43.7. The Bertz CT molecular complexity index is 1880. The molecule has 59 heavy (non-hydrogen) atoms. The number of carbonyl (C=O) groups excluding carboxylic acids is 3. The Morgan fingerprint density at radius 1 is 1.00 bits per heavy atom. The van der Waals surface area contributed by atoms with E-state index in [1.165, 1.54) is 30.4 Å². The molecular weight excluding hydrogens is 755 g/mol. The fourth-order valence-electron chi connectivity index (χ4n) is 13.7. The molecule has 0 spiro atoms. The van der Waals surface area contributed by atoms with Crippen LogP contribution < -0.4 is 10.6 Å². The molecule has 14 heteroatoms. The van der Waals surface area contributed by atoms with Gasteiger partial charge in [0.15, 0.2) is 0 Å². The largest absolute Gasteiger partial charge is 0.478 e. The molecule has 1 aliphatic heterocycles. The first-order valence-corrected chi connectivity index (χ1v) is 21.9. The van der Waals surface area contributed by atoms with E-state index >= 15 is 0 Å². The number of rotatable bonds is 9. The number of nitrogens with one attached hydrogen (secondary N) is 2. The number of allylic oxidation sites excluding steroid dienone is 2. The topological polar surface area (TPSA) is 205 Å². The highest BCUT2D eigenvalue weighted by molar-refractivity contribution is 5.86. The summed E-state index contributed by atoms with van der Waals surface area (Å²) in [5, 5.41) is 56.7.